The molecule has 2 aromatic heterocycles. The predicted octanol–water partition coefficient (Wildman–Crippen LogP) is 5.28. The maximum absolute atomic E-state index is 8.58. The van der Waals surface area contributed by atoms with Crippen LogP contribution in [0.2, 0.25) is 0 Å². The van der Waals surface area contributed by atoms with Gasteiger partial charge in [0.25, 0.3) is 0 Å². The first kappa shape index (κ1) is 24.9. The van der Waals surface area contributed by atoms with Crippen LogP contribution in [-0.2, 0) is 6.42 Å². The number of hydrogen-bond donors (Lipinski definition) is 2. The van der Waals surface area contributed by atoms with Gasteiger partial charge in [0.1, 0.15) is 0 Å². The van der Waals surface area contributed by atoms with Crippen molar-refractivity contribution in [2.45, 2.75) is 13.3 Å². The van der Waals surface area contributed by atoms with Gasteiger partial charge in [-0.25, -0.2) is 0 Å². The Morgan fingerprint density at radius 1 is 0.710 bits per heavy atom. The topological polar surface area (TPSA) is 66.2 Å². The van der Waals surface area contributed by atoms with Crippen molar-refractivity contribution < 1.29 is 10.0 Å². The molecule has 0 saturated heterocycles. The molecule has 2 N–H and O–H groups in total. The van der Waals surface area contributed by atoms with Crippen molar-refractivity contribution in [3.8, 4) is 11.1 Å². The van der Waals surface area contributed by atoms with E-state index in [1.807, 2.05) is 36.7 Å². The average Bonchev–Trinajstić information content (AvgIpc) is 2.81. The molecule has 0 amide bonds. The quantitative estimate of drug-likeness (QED) is 0.346. The second-order valence-electron chi connectivity index (χ2n) is 6.41. The Labute approximate surface area is 200 Å². The Bertz CT molecular complexity index is 1040. The van der Waals surface area contributed by atoms with Crippen LogP contribution in [0.25, 0.3) is 11.1 Å². The fourth-order valence-corrected chi connectivity index (χ4v) is 3.25. The third kappa shape index (κ3) is 9.57. The van der Waals surface area contributed by atoms with Gasteiger partial charge in [-0.1, -0.05) is 67.6 Å². The lowest BCUT2D eigenvalue weighted by Gasteiger charge is -1.99. The Morgan fingerprint density at radius 2 is 1.26 bits per heavy atom. The highest BCUT2D eigenvalue weighted by Crippen LogP contribution is 2.20. The number of aryl methyl sites for hydroxylation is 1. The van der Waals surface area contributed by atoms with Crippen molar-refractivity contribution in [1.82, 2.24) is 9.97 Å². The van der Waals surface area contributed by atoms with E-state index in [1.54, 1.807) is 36.7 Å². The molecule has 2 heterocycles. The van der Waals surface area contributed by atoms with Crippen LogP contribution in [0.15, 0.2) is 107 Å². The molecule has 4 aromatic rings. The van der Waals surface area contributed by atoms with Crippen LogP contribution >= 0.6 is 31.9 Å². The molecular weight excluding hydrogens is 519 g/mol. The lowest BCUT2D eigenvalue weighted by atomic mass is 9.81. The predicted molar refractivity (Wildman–Crippen MR) is 135 cm³/mol. The average molecular weight is 542 g/mol. The zero-order chi connectivity index (χ0) is 22.5. The summed E-state index contributed by atoms with van der Waals surface area (Å²) in [5, 5.41) is 17.2. The van der Waals surface area contributed by atoms with E-state index in [0.717, 1.165) is 20.9 Å². The van der Waals surface area contributed by atoms with E-state index in [0.29, 0.717) is 5.46 Å². The molecule has 4 nitrogen and oxygen atoms in total. The molecule has 4 rings (SSSR count). The highest BCUT2D eigenvalue weighted by atomic mass is 79.9. The number of aromatic nitrogens is 2. The van der Waals surface area contributed by atoms with E-state index in [-0.39, 0.29) is 0 Å². The maximum atomic E-state index is 8.58. The van der Waals surface area contributed by atoms with Gasteiger partial charge in [0.2, 0.25) is 0 Å². The normalized spacial score (nSPS) is 9.58. The maximum Gasteiger partial charge on any atom is 0.488 e. The van der Waals surface area contributed by atoms with Gasteiger partial charge in [0.15, 0.2) is 0 Å². The first-order valence-corrected chi connectivity index (χ1v) is 11.2. The van der Waals surface area contributed by atoms with Crippen LogP contribution in [-0.4, -0.2) is 27.1 Å². The van der Waals surface area contributed by atoms with Gasteiger partial charge < -0.3 is 10.0 Å². The minimum absolute atomic E-state index is 0.525. The fraction of sp³-hybridized carbons (Fsp3) is 0.0833. The molecule has 0 atom stereocenters. The molecule has 0 bridgehead atoms. The monoisotopic (exact) mass is 540 g/mol. The molecule has 0 unspecified atom stereocenters. The SMILES string of the molecule is Brc1cncc(-c2ccccc2)c1.CCc1cncc(Br)c1.OB(O)c1ccccc1. The summed E-state index contributed by atoms with van der Waals surface area (Å²) in [6, 6.07) is 23.0. The third-order valence-corrected chi connectivity index (χ3v) is 4.95. The van der Waals surface area contributed by atoms with E-state index in [4.69, 9.17) is 10.0 Å². The molecule has 7 heteroatoms. The highest BCUT2D eigenvalue weighted by molar-refractivity contribution is 9.10. The van der Waals surface area contributed by atoms with E-state index >= 15 is 0 Å². The molecular formula is C24H23BBr2N2O2. The summed E-state index contributed by atoms with van der Waals surface area (Å²) in [6.07, 6.45) is 8.36. The summed E-state index contributed by atoms with van der Waals surface area (Å²) in [7, 11) is -1.34. The number of nitrogens with zero attached hydrogens (tertiary/aromatic N) is 2. The van der Waals surface area contributed by atoms with Crippen molar-refractivity contribution in [2.75, 3.05) is 0 Å². The summed E-state index contributed by atoms with van der Waals surface area (Å²) in [4.78, 5) is 8.12. The number of pyridine rings is 2. The number of rotatable bonds is 3. The number of benzene rings is 2. The van der Waals surface area contributed by atoms with Gasteiger partial charge in [-0.3, -0.25) is 9.97 Å². The molecule has 2 aromatic carbocycles. The Morgan fingerprint density at radius 3 is 1.71 bits per heavy atom. The van der Waals surface area contributed by atoms with Gasteiger partial charge >= 0.3 is 7.12 Å². The molecule has 0 aliphatic heterocycles. The number of hydrogen-bond acceptors (Lipinski definition) is 4. The van der Waals surface area contributed by atoms with E-state index < -0.39 is 7.12 Å². The highest BCUT2D eigenvalue weighted by Gasteiger charge is 2.07. The van der Waals surface area contributed by atoms with Crippen LogP contribution in [0, 0.1) is 0 Å². The molecule has 0 fully saturated rings. The minimum atomic E-state index is -1.34. The lowest BCUT2D eigenvalue weighted by molar-refractivity contribution is 0.426. The fourth-order valence-electron chi connectivity index (χ4n) is 2.47. The molecule has 158 valence electrons. The van der Waals surface area contributed by atoms with Crippen molar-refractivity contribution in [3.63, 3.8) is 0 Å². The van der Waals surface area contributed by atoms with Crippen molar-refractivity contribution in [2.24, 2.45) is 0 Å². The second kappa shape index (κ2) is 13.9. The van der Waals surface area contributed by atoms with Crippen LogP contribution in [0.4, 0.5) is 0 Å². The van der Waals surface area contributed by atoms with E-state index in [1.165, 1.54) is 11.1 Å². The third-order valence-electron chi connectivity index (χ3n) is 4.08. The van der Waals surface area contributed by atoms with Gasteiger partial charge in [0, 0.05) is 39.3 Å². The summed E-state index contributed by atoms with van der Waals surface area (Å²) < 4.78 is 2.07. The largest absolute Gasteiger partial charge is 0.488 e. The van der Waals surface area contributed by atoms with Gasteiger partial charge in [-0.15, -0.1) is 0 Å². The zero-order valence-electron chi connectivity index (χ0n) is 17.1. The van der Waals surface area contributed by atoms with E-state index in [2.05, 4.69) is 73.0 Å². The van der Waals surface area contributed by atoms with Crippen LogP contribution < -0.4 is 5.46 Å². The van der Waals surface area contributed by atoms with Gasteiger partial charge in [-0.2, -0.15) is 0 Å². The van der Waals surface area contributed by atoms with Crippen LogP contribution in [0.3, 0.4) is 0 Å². The first-order valence-electron chi connectivity index (χ1n) is 9.66. The summed E-state index contributed by atoms with van der Waals surface area (Å²) in [6.45, 7) is 2.11. The summed E-state index contributed by atoms with van der Waals surface area (Å²) in [5.74, 6) is 0. The second-order valence-corrected chi connectivity index (χ2v) is 8.24. The number of halogens is 2. The molecule has 0 spiro atoms. The van der Waals surface area contributed by atoms with Gasteiger partial charge in [0.05, 0.1) is 0 Å². The minimum Gasteiger partial charge on any atom is -0.423 e. The van der Waals surface area contributed by atoms with Gasteiger partial charge in [-0.05, 0) is 67.0 Å². The standard InChI is InChI=1S/C11H8BrN.C7H8BrN.C6H7BO2/c12-11-6-10(7-13-8-11)9-4-2-1-3-5-9;1-2-6-3-7(8)5-9-4-6;8-7(9)6-4-2-1-3-5-6/h1-8H;3-5H,2H2,1H3;1-5,8-9H. The first-order chi connectivity index (χ1) is 15.0. The van der Waals surface area contributed by atoms with Crippen LogP contribution in [0.5, 0.6) is 0 Å². The molecule has 0 saturated carbocycles. The van der Waals surface area contributed by atoms with Crippen molar-refractivity contribution in [3.05, 3.63) is 112 Å². The summed E-state index contributed by atoms with van der Waals surface area (Å²) >= 11 is 6.74. The molecule has 0 aliphatic carbocycles. The van der Waals surface area contributed by atoms with Crippen molar-refractivity contribution in [1.29, 1.82) is 0 Å². The van der Waals surface area contributed by atoms with E-state index in [9.17, 15) is 0 Å². The molecule has 0 aliphatic rings. The molecule has 31 heavy (non-hydrogen) atoms. The Kier molecular flexibility index (Phi) is 11.2. The molecule has 0 radical (unpaired) electrons. The van der Waals surface area contributed by atoms with Crippen molar-refractivity contribution >= 4 is 44.4 Å². The van der Waals surface area contributed by atoms with Crippen LogP contribution in [0.1, 0.15) is 12.5 Å². The zero-order valence-corrected chi connectivity index (χ0v) is 20.2. The Balaban J connectivity index is 0.000000170. The smallest absolute Gasteiger partial charge is 0.423 e. The summed E-state index contributed by atoms with van der Waals surface area (Å²) in [5.41, 5.74) is 4.12. The Hall–Kier alpha value is -2.32. The lowest BCUT2D eigenvalue weighted by Crippen LogP contribution is -2.29.